The van der Waals surface area contributed by atoms with Gasteiger partial charge in [-0.05, 0) is 18.9 Å². The standard InChI is InChI=1S/C15H24N4O3S2.ClH/c16-11-15(3-1-2-4-15)18-14(20)13-9-12(10-17-13)24(21,22)19-5-7-23-8-6-19;/h9-10,17H,1-8,11,16H2,(H,18,20);1H. The summed E-state index contributed by atoms with van der Waals surface area (Å²) in [6, 6.07) is 1.42. The molecule has 0 bridgehead atoms. The number of aromatic amines is 1. The Labute approximate surface area is 158 Å². The molecule has 10 heteroatoms. The number of rotatable bonds is 5. The van der Waals surface area contributed by atoms with Crippen LogP contribution in [0.2, 0.25) is 0 Å². The number of nitrogens with two attached hydrogens (primary N) is 1. The molecule has 2 heterocycles. The highest BCUT2D eigenvalue weighted by Crippen LogP contribution is 2.29. The Morgan fingerprint density at radius 3 is 2.56 bits per heavy atom. The molecule has 4 N–H and O–H groups in total. The van der Waals surface area contributed by atoms with Gasteiger partial charge in [-0.1, -0.05) is 12.8 Å². The van der Waals surface area contributed by atoms with Crippen LogP contribution in [-0.2, 0) is 10.0 Å². The summed E-state index contributed by atoms with van der Waals surface area (Å²) in [5.41, 5.74) is 5.75. The summed E-state index contributed by atoms with van der Waals surface area (Å²) < 4.78 is 26.7. The van der Waals surface area contributed by atoms with Gasteiger partial charge in [0.25, 0.3) is 5.91 Å². The van der Waals surface area contributed by atoms with Crippen molar-refractivity contribution >= 4 is 40.1 Å². The fraction of sp³-hybridized carbons (Fsp3) is 0.667. The van der Waals surface area contributed by atoms with Crippen molar-refractivity contribution in [3.05, 3.63) is 18.0 Å². The first-order valence-corrected chi connectivity index (χ1v) is 10.9. The molecule has 3 rings (SSSR count). The van der Waals surface area contributed by atoms with E-state index in [1.165, 1.54) is 16.6 Å². The molecular weight excluding hydrogens is 384 g/mol. The Kier molecular flexibility index (Phi) is 6.83. The van der Waals surface area contributed by atoms with Gasteiger partial charge in [-0.2, -0.15) is 16.1 Å². The predicted molar refractivity (Wildman–Crippen MR) is 102 cm³/mol. The molecule has 2 aliphatic rings. The largest absolute Gasteiger partial charge is 0.356 e. The number of hydrogen-bond donors (Lipinski definition) is 3. The highest BCUT2D eigenvalue weighted by atomic mass is 35.5. The molecule has 0 spiro atoms. The van der Waals surface area contributed by atoms with Crippen LogP contribution in [0.4, 0.5) is 0 Å². The molecule has 25 heavy (non-hydrogen) atoms. The average molecular weight is 409 g/mol. The van der Waals surface area contributed by atoms with Crippen molar-refractivity contribution in [3.63, 3.8) is 0 Å². The maximum Gasteiger partial charge on any atom is 0.268 e. The number of carbonyl (C=O) groups is 1. The summed E-state index contributed by atoms with van der Waals surface area (Å²) in [7, 11) is -3.54. The molecule has 1 aromatic heterocycles. The van der Waals surface area contributed by atoms with Crippen LogP contribution in [0.3, 0.4) is 0 Å². The van der Waals surface area contributed by atoms with E-state index in [0.29, 0.717) is 19.6 Å². The van der Waals surface area contributed by atoms with Crippen LogP contribution < -0.4 is 11.1 Å². The van der Waals surface area contributed by atoms with E-state index in [1.807, 2.05) is 0 Å². The zero-order valence-corrected chi connectivity index (χ0v) is 16.4. The molecule has 1 aromatic rings. The molecule has 0 atom stereocenters. The minimum atomic E-state index is -3.54. The fourth-order valence-corrected chi connectivity index (χ4v) is 5.90. The molecule has 1 amide bonds. The zero-order chi connectivity index (χ0) is 17.2. The number of thioether (sulfide) groups is 1. The molecule has 142 valence electrons. The van der Waals surface area contributed by atoms with E-state index in [4.69, 9.17) is 5.73 Å². The van der Waals surface area contributed by atoms with E-state index in [1.54, 1.807) is 11.8 Å². The van der Waals surface area contributed by atoms with Crippen LogP contribution in [0.5, 0.6) is 0 Å². The van der Waals surface area contributed by atoms with Crippen LogP contribution in [0.1, 0.15) is 36.2 Å². The van der Waals surface area contributed by atoms with Crippen molar-refractivity contribution < 1.29 is 13.2 Å². The number of hydrogen-bond acceptors (Lipinski definition) is 5. The van der Waals surface area contributed by atoms with Crippen molar-refractivity contribution in [2.45, 2.75) is 36.1 Å². The van der Waals surface area contributed by atoms with Crippen LogP contribution in [0.15, 0.2) is 17.2 Å². The first-order chi connectivity index (χ1) is 11.5. The van der Waals surface area contributed by atoms with Gasteiger partial charge in [0.2, 0.25) is 10.0 Å². The van der Waals surface area contributed by atoms with Crippen LogP contribution in [0, 0.1) is 0 Å². The first kappa shape index (κ1) is 20.6. The summed E-state index contributed by atoms with van der Waals surface area (Å²) in [4.78, 5) is 15.4. The second-order valence-electron chi connectivity index (χ2n) is 6.41. The maximum atomic E-state index is 12.6. The lowest BCUT2D eigenvalue weighted by Crippen LogP contribution is -2.51. The Balaban J connectivity index is 0.00000225. The molecule has 1 saturated carbocycles. The third-order valence-electron chi connectivity index (χ3n) is 4.84. The van der Waals surface area contributed by atoms with Gasteiger partial charge in [0.1, 0.15) is 10.6 Å². The Morgan fingerprint density at radius 2 is 1.96 bits per heavy atom. The summed E-state index contributed by atoms with van der Waals surface area (Å²) >= 11 is 1.75. The predicted octanol–water partition coefficient (Wildman–Crippen LogP) is 1.18. The third kappa shape index (κ3) is 4.33. The lowest BCUT2D eigenvalue weighted by Gasteiger charge is -2.28. The van der Waals surface area contributed by atoms with Gasteiger partial charge in [-0.3, -0.25) is 4.79 Å². The van der Waals surface area contributed by atoms with E-state index in [2.05, 4.69) is 10.3 Å². The van der Waals surface area contributed by atoms with Gasteiger partial charge in [0.05, 0.1) is 5.54 Å². The van der Waals surface area contributed by atoms with Gasteiger partial charge in [-0.25, -0.2) is 8.42 Å². The van der Waals surface area contributed by atoms with Crippen molar-refractivity contribution in [2.24, 2.45) is 5.73 Å². The molecule has 0 unspecified atom stereocenters. The normalized spacial score (nSPS) is 20.8. The Hall–Kier alpha value is -0.740. The van der Waals surface area contributed by atoms with Crippen molar-refractivity contribution in [1.82, 2.24) is 14.6 Å². The molecule has 0 radical (unpaired) electrons. The van der Waals surface area contributed by atoms with Crippen LogP contribution in [0.25, 0.3) is 0 Å². The van der Waals surface area contributed by atoms with E-state index >= 15 is 0 Å². The summed E-state index contributed by atoms with van der Waals surface area (Å²) in [5.74, 6) is 1.31. The van der Waals surface area contributed by atoms with E-state index in [0.717, 1.165) is 37.2 Å². The lowest BCUT2D eigenvalue weighted by atomic mass is 9.97. The van der Waals surface area contributed by atoms with Crippen molar-refractivity contribution in [1.29, 1.82) is 0 Å². The number of H-pyrrole nitrogens is 1. The Morgan fingerprint density at radius 1 is 1.32 bits per heavy atom. The number of nitrogens with zero attached hydrogens (tertiary/aromatic N) is 1. The number of aromatic nitrogens is 1. The van der Waals surface area contributed by atoms with Gasteiger partial charge >= 0.3 is 0 Å². The van der Waals surface area contributed by atoms with Crippen molar-refractivity contribution in [2.75, 3.05) is 31.1 Å². The molecule has 1 saturated heterocycles. The molecule has 2 fully saturated rings. The molecule has 7 nitrogen and oxygen atoms in total. The first-order valence-electron chi connectivity index (χ1n) is 8.26. The number of carbonyl (C=O) groups excluding carboxylic acids is 1. The second-order valence-corrected chi connectivity index (χ2v) is 9.57. The smallest absolute Gasteiger partial charge is 0.268 e. The maximum absolute atomic E-state index is 12.6. The third-order valence-corrected chi connectivity index (χ3v) is 7.66. The quantitative estimate of drug-likeness (QED) is 0.677. The number of sulfonamides is 1. The SMILES string of the molecule is Cl.NCC1(NC(=O)c2cc(S(=O)(=O)N3CCSCC3)c[nH]2)CCCC1. The van der Waals surface area contributed by atoms with E-state index < -0.39 is 10.0 Å². The van der Waals surface area contributed by atoms with Gasteiger partial charge in [0.15, 0.2) is 0 Å². The zero-order valence-electron chi connectivity index (χ0n) is 14.0. The number of nitrogens with one attached hydrogen (secondary N) is 2. The van der Waals surface area contributed by atoms with Crippen LogP contribution in [-0.4, -0.2) is 60.3 Å². The minimum Gasteiger partial charge on any atom is -0.356 e. The minimum absolute atomic E-state index is 0. The van der Waals surface area contributed by atoms with E-state index in [9.17, 15) is 13.2 Å². The highest BCUT2D eigenvalue weighted by Gasteiger charge is 2.35. The fourth-order valence-electron chi connectivity index (χ4n) is 3.33. The molecular formula is C15H25ClN4O3S2. The number of halogens is 1. The van der Waals surface area contributed by atoms with Gasteiger partial charge < -0.3 is 16.0 Å². The molecule has 0 aromatic carbocycles. The van der Waals surface area contributed by atoms with Gasteiger partial charge in [-0.15, -0.1) is 12.4 Å². The van der Waals surface area contributed by atoms with Gasteiger partial charge in [0, 0.05) is 37.3 Å². The van der Waals surface area contributed by atoms with Crippen molar-refractivity contribution in [3.8, 4) is 0 Å². The van der Waals surface area contributed by atoms with E-state index in [-0.39, 0.29) is 34.4 Å². The number of amides is 1. The molecule has 1 aliphatic heterocycles. The topological polar surface area (TPSA) is 108 Å². The van der Waals surface area contributed by atoms with Crippen LogP contribution >= 0.6 is 24.2 Å². The summed E-state index contributed by atoms with van der Waals surface area (Å²) in [6.07, 6.45) is 5.23. The molecule has 1 aliphatic carbocycles. The summed E-state index contributed by atoms with van der Waals surface area (Å²) in [5, 5.41) is 3.00. The monoisotopic (exact) mass is 408 g/mol. The second kappa shape index (κ2) is 8.30. The lowest BCUT2D eigenvalue weighted by molar-refractivity contribution is 0.0898. The highest BCUT2D eigenvalue weighted by molar-refractivity contribution is 7.99. The average Bonchev–Trinajstić information content (AvgIpc) is 3.26. The summed E-state index contributed by atoms with van der Waals surface area (Å²) in [6.45, 7) is 1.42. The Bertz CT molecular complexity index is 695.